The number of anilines is 1. The fraction of sp³-hybridized carbons (Fsp3) is 0.231. The summed E-state index contributed by atoms with van der Waals surface area (Å²) >= 11 is 0. The number of halogens is 1. The molecule has 0 radical (unpaired) electrons. The Morgan fingerprint density at radius 1 is 0.882 bits per heavy atom. The van der Waals surface area contributed by atoms with Gasteiger partial charge in [0.25, 0.3) is 0 Å². The lowest BCUT2D eigenvalue weighted by atomic mass is 9.97. The molecule has 6 nitrogen and oxygen atoms in total. The Morgan fingerprint density at radius 3 is 1.94 bits per heavy atom. The fourth-order valence-electron chi connectivity index (χ4n) is 3.36. The summed E-state index contributed by atoms with van der Waals surface area (Å²) in [4.78, 5) is 0. The van der Waals surface area contributed by atoms with E-state index in [0.29, 0.717) is 34.9 Å². The smallest absolute Gasteiger partial charge is 0.229 e. The van der Waals surface area contributed by atoms with Crippen LogP contribution >= 0.6 is 0 Å². The van der Waals surface area contributed by atoms with E-state index in [9.17, 15) is 12.8 Å². The third-order valence-corrected chi connectivity index (χ3v) is 5.60. The van der Waals surface area contributed by atoms with Crippen LogP contribution in [-0.2, 0) is 10.0 Å². The van der Waals surface area contributed by atoms with Crippen molar-refractivity contribution in [3.63, 3.8) is 0 Å². The van der Waals surface area contributed by atoms with Crippen molar-refractivity contribution >= 4 is 15.7 Å². The summed E-state index contributed by atoms with van der Waals surface area (Å²) < 4.78 is 56.8. The van der Waals surface area contributed by atoms with Crippen molar-refractivity contribution in [1.29, 1.82) is 0 Å². The van der Waals surface area contributed by atoms with Gasteiger partial charge in [0.15, 0.2) is 11.6 Å². The van der Waals surface area contributed by atoms with Gasteiger partial charge in [-0.1, -0.05) is 23.8 Å². The Hall–Kier alpha value is -3.52. The van der Waals surface area contributed by atoms with Crippen molar-refractivity contribution in [2.45, 2.75) is 13.8 Å². The second kappa shape index (κ2) is 10.6. The van der Waals surface area contributed by atoms with Crippen molar-refractivity contribution < 1.29 is 27.0 Å². The third-order valence-electron chi connectivity index (χ3n) is 4.99. The lowest BCUT2D eigenvalue weighted by Crippen LogP contribution is -2.09. The van der Waals surface area contributed by atoms with Gasteiger partial charge in [0.2, 0.25) is 10.0 Å². The quantitative estimate of drug-likeness (QED) is 0.383. The van der Waals surface area contributed by atoms with Crippen LogP contribution in [0.15, 0.2) is 66.2 Å². The molecule has 0 bridgehead atoms. The molecule has 180 valence electrons. The maximum absolute atomic E-state index is 14.7. The van der Waals surface area contributed by atoms with Gasteiger partial charge < -0.3 is 14.2 Å². The molecule has 1 N–H and O–H groups in total. The van der Waals surface area contributed by atoms with Crippen molar-refractivity contribution in [2.75, 3.05) is 31.8 Å². The topological polar surface area (TPSA) is 73.9 Å². The Balaban J connectivity index is 1.97. The van der Waals surface area contributed by atoms with Gasteiger partial charge in [-0.15, -0.1) is 0 Å². The molecule has 0 aliphatic rings. The van der Waals surface area contributed by atoms with Crippen LogP contribution in [0.5, 0.6) is 17.2 Å². The predicted molar refractivity (Wildman–Crippen MR) is 134 cm³/mol. The summed E-state index contributed by atoms with van der Waals surface area (Å²) in [6.45, 7) is 4.20. The van der Waals surface area contributed by atoms with E-state index in [1.54, 1.807) is 56.7 Å². The highest BCUT2D eigenvalue weighted by Crippen LogP contribution is 2.41. The van der Waals surface area contributed by atoms with Crippen molar-refractivity contribution in [3.8, 4) is 39.5 Å². The molecule has 8 heteroatoms. The first kappa shape index (κ1) is 25.1. The summed E-state index contributed by atoms with van der Waals surface area (Å²) in [5.41, 5.74) is 4.37. The molecule has 0 aliphatic heterocycles. The molecule has 3 rings (SSSR count). The molecule has 3 aromatic rings. The van der Waals surface area contributed by atoms with Crippen LogP contribution in [0.3, 0.4) is 0 Å². The predicted octanol–water partition coefficient (Wildman–Crippen LogP) is 5.89. The summed E-state index contributed by atoms with van der Waals surface area (Å²) in [5, 5.41) is 0. The largest absolute Gasteiger partial charge is 0.496 e. The van der Waals surface area contributed by atoms with E-state index in [1.165, 1.54) is 6.07 Å². The van der Waals surface area contributed by atoms with E-state index >= 15 is 0 Å². The number of hydrogen-bond acceptors (Lipinski definition) is 5. The first-order valence-electron chi connectivity index (χ1n) is 10.5. The van der Waals surface area contributed by atoms with Gasteiger partial charge in [-0.2, -0.15) is 0 Å². The van der Waals surface area contributed by atoms with Crippen molar-refractivity contribution in [1.82, 2.24) is 0 Å². The highest BCUT2D eigenvalue weighted by atomic mass is 32.2. The molecular formula is C26H28FNO5S. The van der Waals surface area contributed by atoms with Crippen molar-refractivity contribution in [3.05, 3.63) is 72.1 Å². The second-order valence-corrected chi connectivity index (χ2v) is 9.69. The van der Waals surface area contributed by atoms with E-state index in [2.05, 4.69) is 4.72 Å². The van der Waals surface area contributed by atoms with E-state index in [4.69, 9.17) is 14.2 Å². The summed E-state index contributed by atoms with van der Waals surface area (Å²) in [6.07, 6.45) is 2.97. The maximum atomic E-state index is 14.7. The normalized spacial score (nSPS) is 11.0. The molecule has 0 spiro atoms. The van der Waals surface area contributed by atoms with E-state index < -0.39 is 15.8 Å². The van der Waals surface area contributed by atoms with Crippen LogP contribution in [0.4, 0.5) is 10.1 Å². The molecule has 0 unspecified atom stereocenters. The minimum Gasteiger partial charge on any atom is -0.496 e. The number of allylic oxidation sites excluding steroid dienone is 1. The number of sulfonamides is 1. The van der Waals surface area contributed by atoms with Crippen LogP contribution in [0, 0.1) is 5.82 Å². The van der Waals surface area contributed by atoms with Crippen LogP contribution < -0.4 is 18.9 Å². The highest BCUT2D eigenvalue weighted by Gasteiger charge is 2.16. The Morgan fingerprint density at radius 2 is 1.44 bits per heavy atom. The molecule has 0 saturated heterocycles. The zero-order chi connectivity index (χ0) is 24.9. The molecule has 0 saturated carbocycles. The molecule has 0 aliphatic carbocycles. The Bertz CT molecular complexity index is 1300. The fourth-order valence-corrected chi connectivity index (χ4v) is 3.93. The average molecular weight is 486 g/mol. The van der Waals surface area contributed by atoms with Gasteiger partial charge in [0.1, 0.15) is 18.1 Å². The van der Waals surface area contributed by atoms with Crippen LogP contribution in [0.1, 0.15) is 13.8 Å². The molecular weight excluding hydrogens is 457 g/mol. The number of ether oxygens (including phenoxy) is 3. The Kier molecular flexibility index (Phi) is 7.83. The number of rotatable bonds is 9. The minimum atomic E-state index is -3.37. The van der Waals surface area contributed by atoms with Crippen LogP contribution in [0.2, 0.25) is 0 Å². The molecule has 34 heavy (non-hydrogen) atoms. The average Bonchev–Trinajstić information content (AvgIpc) is 2.78. The summed E-state index contributed by atoms with van der Waals surface area (Å²) in [7, 11) is -0.273. The first-order chi connectivity index (χ1) is 16.1. The molecule has 0 aromatic heterocycles. The minimum absolute atomic E-state index is 0.173. The first-order valence-corrected chi connectivity index (χ1v) is 12.4. The highest BCUT2D eigenvalue weighted by molar-refractivity contribution is 7.92. The molecule has 0 heterocycles. The summed E-state index contributed by atoms with van der Waals surface area (Å²) in [5.74, 6) is 0.793. The van der Waals surface area contributed by atoms with Crippen LogP contribution in [-0.4, -0.2) is 35.5 Å². The number of benzene rings is 3. The second-order valence-electron chi connectivity index (χ2n) is 7.94. The number of nitrogens with one attached hydrogen (secondary N) is 1. The SMILES string of the molecule is COc1cc(-c2ccc(OCC=C(C)C)c(F)c2)c(OC)cc1-c1ccc(NS(C)(=O)=O)cc1. The number of hydrogen-bond donors (Lipinski definition) is 1. The van der Waals surface area contributed by atoms with Gasteiger partial charge in [0, 0.05) is 16.8 Å². The number of methoxy groups -OCH3 is 2. The zero-order valence-electron chi connectivity index (χ0n) is 19.8. The van der Waals surface area contributed by atoms with Gasteiger partial charge in [-0.25, -0.2) is 12.8 Å². The van der Waals surface area contributed by atoms with Gasteiger partial charge >= 0.3 is 0 Å². The summed E-state index contributed by atoms with van der Waals surface area (Å²) in [6, 6.07) is 15.3. The monoisotopic (exact) mass is 485 g/mol. The molecule has 0 fully saturated rings. The maximum Gasteiger partial charge on any atom is 0.229 e. The van der Waals surface area contributed by atoms with Gasteiger partial charge in [-0.05, 0) is 67.4 Å². The standard InChI is InChI=1S/C26H28FNO5S/c1-17(2)12-13-33-24-11-8-19(14-23(24)27)22-16-25(31-3)21(15-26(22)32-4)18-6-9-20(10-7-18)28-34(5,29)30/h6-12,14-16,28H,13H2,1-5H3. The van der Waals surface area contributed by atoms with E-state index in [-0.39, 0.29) is 5.75 Å². The zero-order valence-corrected chi connectivity index (χ0v) is 20.6. The van der Waals surface area contributed by atoms with Crippen LogP contribution in [0.25, 0.3) is 22.3 Å². The van der Waals surface area contributed by atoms with Gasteiger partial charge in [-0.3, -0.25) is 4.72 Å². The van der Waals surface area contributed by atoms with Crippen molar-refractivity contribution in [2.24, 2.45) is 0 Å². The van der Waals surface area contributed by atoms with Gasteiger partial charge in [0.05, 0.1) is 20.5 Å². The molecule has 3 aromatic carbocycles. The lowest BCUT2D eigenvalue weighted by molar-refractivity contribution is 0.341. The third kappa shape index (κ3) is 6.29. The van der Waals surface area contributed by atoms with E-state index in [0.717, 1.165) is 23.0 Å². The van der Waals surface area contributed by atoms with E-state index in [1.807, 2.05) is 26.0 Å². The Labute approximate surface area is 200 Å². The lowest BCUT2D eigenvalue weighted by Gasteiger charge is -2.16. The molecule has 0 amide bonds. The molecule has 0 atom stereocenters.